The molecular formula is C46H92NO8P. The minimum absolute atomic E-state index is 0.0582. The summed E-state index contributed by atoms with van der Waals surface area (Å²) >= 11 is 0. The Labute approximate surface area is 346 Å². The first kappa shape index (κ1) is 55.0. The lowest BCUT2D eigenvalue weighted by atomic mass is 10.0. The van der Waals surface area contributed by atoms with Gasteiger partial charge in [-0.2, -0.15) is 0 Å². The Balaban J connectivity index is 3.97. The molecule has 2 atom stereocenters. The maximum absolute atomic E-state index is 12.6. The van der Waals surface area contributed by atoms with Crippen molar-refractivity contribution in [1.29, 1.82) is 0 Å². The third kappa shape index (κ3) is 42.6. The molecule has 0 aliphatic rings. The average Bonchev–Trinajstić information content (AvgIpc) is 3.18. The lowest BCUT2D eigenvalue weighted by Crippen LogP contribution is -2.29. The van der Waals surface area contributed by atoms with E-state index < -0.39 is 26.5 Å². The minimum atomic E-state index is -4.37. The number of rotatable bonds is 46. The van der Waals surface area contributed by atoms with Gasteiger partial charge in [0.25, 0.3) is 0 Å². The summed E-state index contributed by atoms with van der Waals surface area (Å²) in [6.07, 6.45) is 44.3. The lowest BCUT2D eigenvalue weighted by molar-refractivity contribution is -0.161. The van der Waals surface area contributed by atoms with E-state index in [9.17, 15) is 19.0 Å². The van der Waals surface area contributed by atoms with E-state index in [0.29, 0.717) is 6.42 Å². The van der Waals surface area contributed by atoms with Gasteiger partial charge in [0.2, 0.25) is 0 Å². The molecule has 0 fully saturated rings. The van der Waals surface area contributed by atoms with Crippen LogP contribution in [-0.2, 0) is 32.7 Å². The molecule has 10 heteroatoms. The Kier molecular flexibility index (Phi) is 42.8. The molecule has 334 valence electrons. The summed E-state index contributed by atoms with van der Waals surface area (Å²) in [5.41, 5.74) is 5.35. The van der Waals surface area contributed by atoms with Crippen molar-refractivity contribution in [3.8, 4) is 0 Å². The quantitative estimate of drug-likeness (QED) is 0.0350. The van der Waals surface area contributed by atoms with Crippen LogP contribution >= 0.6 is 7.82 Å². The molecule has 0 rings (SSSR count). The molecule has 9 nitrogen and oxygen atoms in total. The fourth-order valence-corrected chi connectivity index (χ4v) is 7.93. The van der Waals surface area contributed by atoms with Crippen molar-refractivity contribution in [2.75, 3.05) is 26.4 Å². The smallest absolute Gasteiger partial charge is 0.462 e. The Morgan fingerprint density at radius 2 is 0.768 bits per heavy atom. The van der Waals surface area contributed by atoms with E-state index >= 15 is 0 Å². The maximum atomic E-state index is 12.6. The fourth-order valence-electron chi connectivity index (χ4n) is 7.17. The van der Waals surface area contributed by atoms with E-state index in [2.05, 4.69) is 13.8 Å². The highest BCUT2D eigenvalue weighted by molar-refractivity contribution is 7.47. The first-order valence-electron chi connectivity index (χ1n) is 24.0. The molecule has 56 heavy (non-hydrogen) atoms. The third-order valence-corrected chi connectivity index (χ3v) is 11.7. The van der Waals surface area contributed by atoms with Crippen LogP contribution in [0.25, 0.3) is 0 Å². The highest BCUT2D eigenvalue weighted by atomic mass is 31.2. The van der Waals surface area contributed by atoms with Gasteiger partial charge in [0, 0.05) is 19.4 Å². The predicted molar refractivity (Wildman–Crippen MR) is 234 cm³/mol. The summed E-state index contributed by atoms with van der Waals surface area (Å²) in [4.78, 5) is 34.9. The summed E-state index contributed by atoms with van der Waals surface area (Å²) in [7, 11) is -4.37. The lowest BCUT2D eigenvalue weighted by Gasteiger charge is -2.19. The summed E-state index contributed by atoms with van der Waals surface area (Å²) in [5.74, 6) is -0.810. The second-order valence-corrected chi connectivity index (χ2v) is 17.8. The number of carbonyl (C=O) groups excluding carboxylic acids is 2. The van der Waals surface area contributed by atoms with Gasteiger partial charge in [-0.15, -0.1) is 0 Å². The van der Waals surface area contributed by atoms with Gasteiger partial charge in [0.05, 0.1) is 13.2 Å². The van der Waals surface area contributed by atoms with Gasteiger partial charge in [-0.1, -0.05) is 226 Å². The number of unbranched alkanes of at least 4 members (excludes halogenated alkanes) is 33. The third-order valence-electron chi connectivity index (χ3n) is 10.7. The van der Waals surface area contributed by atoms with Crippen molar-refractivity contribution in [2.45, 2.75) is 258 Å². The summed E-state index contributed by atoms with van der Waals surface area (Å²) in [6, 6.07) is 0. The Bertz CT molecular complexity index is 891. The van der Waals surface area contributed by atoms with E-state index in [4.69, 9.17) is 24.3 Å². The van der Waals surface area contributed by atoms with Gasteiger partial charge >= 0.3 is 19.8 Å². The number of carbonyl (C=O) groups is 2. The fraction of sp³-hybridized carbons (Fsp3) is 0.957. The zero-order valence-electron chi connectivity index (χ0n) is 36.9. The van der Waals surface area contributed by atoms with E-state index in [0.717, 1.165) is 32.1 Å². The molecule has 0 aliphatic carbocycles. The second-order valence-electron chi connectivity index (χ2n) is 16.3. The molecule has 0 aromatic heterocycles. The van der Waals surface area contributed by atoms with Crippen LogP contribution in [-0.4, -0.2) is 49.3 Å². The van der Waals surface area contributed by atoms with E-state index in [1.54, 1.807) is 0 Å². The van der Waals surface area contributed by atoms with Crippen LogP contribution < -0.4 is 5.73 Å². The molecule has 0 aliphatic heterocycles. The first-order valence-corrected chi connectivity index (χ1v) is 25.5. The second kappa shape index (κ2) is 43.6. The van der Waals surface area contributed by atoms with E-state index in [1.807, 2.05) is 0 Å². The van der Waals surface area contributed by atoms with Crippen LogP contribution in [0.15, 0.2) is 0 Å². The molecule has 0 radical (unpaired) electrons. The number of ether oxygens (including phenoxy) is 2. The van der Waals surface area contributed by atoms with E-state index in [-0.39, 0.29) is 38.6 Å². The van der Waals surface area contributed by atoms with Crippen molar-refractivity contribution < 1.29 is 37.6 Å². The van der Waals surface area contributed by atoms with Gasteiger partial charge in [0.15, 0.2) is 6.10 Å². The van der Waals surface area contributed by atoms with Crippen molar-refractivity contribution >= 4 is 19.8 Å². The molecule has 1 unspecified atom stereocenters. The molecule has 0 saturated heterocycles. The van der Waals surface area contributed by atoms with Crippen LogP contribution in [0, 0.1) is 0 Å². The van der Waals surface area contributed by atoms with Crippen molar-refractivity contribution in [3.63, 3.8) is 0 Å². The van der Waals surface area contributed by atoms with Crippen LogP contribution in [0.1, 0.15) is 251 Å². The first-order chi connectivity index (χ1) is 27.3. The molecule has 0 aromatic carbocycles. The highest BCUT2D eigenvalue weighted by Crippen LogP contribution is 2.43. The van der Waals surface area contributed by atoms with Gasteiger partial charge in [-0.25, -0.2) is 4.57 Å². The molecule has 0 spiro atoms. The van der Waals surface area contributed by atoms with Gasteiger partial charge in [0.1, 0.15) is 6.61 Å². The van der Waals surface area contributed by atoms with E-state index in [1.165, 1.54) is 186 Å². The molecule has 0 amide bonds. The van der Waals surface area contributed by atoms with Crippen molar-refractivity contribution in [2.24, 2.45) is 5.73 Å². The molecular weight excluding hydrogens is 725 g/mol. The summed E-state index contributed by atoms with van der Waals surface area (Å²) < 4.78 is 32.8. The van der Waals surface area contributed by atoms with Crippen LogP contribution in [0.5, 0.6) is 0 Å². The van der Waals surface area contributed by atoms with Gasteiger partial charge in [-0.3, -0.25) is 18.6 Å². The molecule has 0 bridgehead atoms. The number of hydrogen-bond donors (Lipinski definition) is 2. The number of phosphoric acid groups is 1. The molecule has 0 saturated carbocycles. The normalized spacial score (nSPS) is 13.1. The van der Waals surface area contributed by atoms with Crippen molar-refractivity contribution in [3.05, 3.63) is 0 Å². The Morgan fingerprint density at radius 1 is 0.464 bits per heavy atom. The average molecular weight is 818 g/mol. The number of nitrogens with two attached hydrogens (primary N) is 1. The largest absolute Gasteiger partial charge is 0.472 e. The SMILES string of the molecule is CCCCCCCCCCCCCCCCCCCCCCCCC(=O)OC[C@H](COP(=O)(O)OCCN)OC(=O)CCCCCCCCCCCCCCC. The molecule has 0 heterocycles. The van der Waals surface area contributed by atoms with Crippen LogP contribution in [0.2, 0.25) is 0 Å². The number of phosphoric ester groups is 1. The molecule has 0 aromatic rings. The summed E-state index contributed by atoms with van der Waals surface area (Å²) in [6.45, 7) is 3.78. The zero-order valence-corrected chi connectivity index (χ0v) is 37.8. The minimum Gasteiger partial charge on any atom is -0.462 e. The van der Waals surface area contributed by atoms with Gasteiger partial charge in [-0.05, 0) is 12.8 Å². The zero-order chi connectivity index (χ0) is 41.1. The predicted octanol–water partition coefficient (Wildman–Crippen LogP) is 14.0. The Morgan fingerprint density at radius 3 is 1.09 bits per heavy atom. The van der Waals surface area contributed by atoms with Crippen molar-refractivity contribution in [1.82, 2.24) is 0 Å². The number of esters is 2. The number of hydrogen-bond acceptors (Lipinski definition) is 8. The van der Waals surface area contributed by atoms with Gasteiger partial charge < -0.3 is 20.1 Å². The Hall–Kier alpha value is -0.990. The highest BCUT2D eigenvalue weighted by Gasteiger charge is 2.26. The summed E-state index contributed by atoms with van der Waals surface area (Å²) in [5, 5.41) is 0. The standard InChI is InChI=1S/C46H92NO8P/c1-3-5-7-9-11-13-15-17-18-19-20-21-22-23-24-25-27-28-30-32-34-36-38-45(48)52-42-44(43-54-56(50,51)53-41-40-47)55-46(49)39-37-35-33-31-29-26-16-14-12-10-8-6-4-2/h44H,3-43,47H2,1-2H3,(H,50,51)/t44-/m1/s1. The maximum Gasteiger partial charge on any atom is 0.472 e. The van der Waals surface area contributed by atoms with Crippen LogP contribution in [0.3, 0.4) is 0 Å². The molecule has 3 N–H and O–H groups in total. The topological polar surface area (TPSA) is 134 Å². The van der Waals surface area contributed by atoms with Crippen LogP contribution in [0.4, 0.5) is 0 Å². The monoisotopic (exact) mass is 818 g/mol.